The van der Waals surface area contributed by atoms with Crippen LogP contribution in [0, 0.1) is 0 Å². The fraction of sp³-hybridized carbons (Fsp3) is 0.750. The molecule has 2 rings (SSSR count). The van der Waals surface area contributed by atoms with Crippen LogP contribution in [0.5, 0.6) is 0 Å². The SMILES string of the molecule is CC(C)N1C(=O)NC2(CCN(C(=O)C(F)(F)F)CC2)C1=O. The molecule has 2 aliphatic rings. The fourth-order valence-corrected chi connectivity index (χ4v) is 2.72. The van der Waals surface area contributed by atoms with Crippen LogP contribution in [-0.2, 0) is 9.59 Å². The van der Waals surface area contributed by atoms with Gasteiger partial charge in [-0.1, -0.05) is 0 Å². The summed E-state index contributed by atoms with van der Waals surface area (Å²) in [6.07, 6.45) is -4.94. The van der Waals surface area contributed by atoms with Gasteiger partial charge in [0.15, 0.2) is 0 Å². The number of nitrogens with zero attached hydrogens (tertiary/aromatic N) is 2. The third-order valence-corrected chi connectivity index (χ3v) is 3.86. The van der Waals surface area contributed by atoms with Gasteiger partial charge in [0.05, 0.1) is 0 Å². The Labute approximate surface area is 119 Å². The fourth-order valence-electron chi connectivity index (χ4n) is 2.72. The van der Waals surface area contributed by atoms with Crippen molar-refractivity contribution in [1.29, 1.82) is 0 Å². The Balaban J connectivity index is 2.09. The molecule has 0 atom stereocenters. The summed E-state index contributed by atoms with van der Waals surface area (Å²) in [6.45, 7) is 2.93. The summed E-state index contributed by atoms with van der Waals surface area (Å²) in [6, 6.07) is -0.864. The molecule has 0 unspecified atom stereocenters. The van der Waals surface area contributed by atoms with Crippen molar-refractivity contribution in [1.82, 2.24) is 15.1 Å². The maximum atomic E-state index is 12.4. The van der Waals surface area contributed by atoms with Crippen molar-refractivity contribution in [2.75, 3.05) is 13.1 Å². The number of piperidine rings is 1. The van der Waals surface area contributed by atoms with Crippen LogP contribution >= 0.6 is 0 Å². The van der Waals surface area contributed by atoms with Crippen molar-refractivity contribution in [3.63, 3.8) is 0 Å². The van der Waals surface area contributed by atoms with E-state index in [1.165, 1.54) is 0 Å². The molecular formula is C12H16F3N3O3. The number of carbonyl (C=O) groups is 3. The van der Waals surface area contributed by atoms with E-state index in [4.69, 9.17) is 0 Å². The quantitative estimate of drug-likeness (QED) is 0.731. The van der Waals surface area contributed by atoms with Gasteiger partial charge < -0.3 is 10.2 Å². The predicted octanol–water partition coefficient (Wildman–Crippen LogP) is 0.870. The van der Waals surface area contributed by atoms with Crippen LogP contribution in [0.2, 0.25) is 0 Å². The van der Waals surface area contributed by atoms with Crippen LogP contribution in [0.15, 0.2) is 0 Å². The number of hydrogen-bond acceptors (Lipinski definition) is 3. The van der Waals surface area contributed by atoms with E-state index in [1.54, 1.807) is 13.8 Å². The minimum Gasteiger partial charge on any atom is -0.335 e. The van der Waals surface area contributed by atoms with E-state index in [0.717, 1.165) is 4.90 Å². The standard InChI is InChI=1S/C12H16F3N3O3/c1-7(2)18-8(19)11(16-10(18)21)3-5-17(6-4-11)9(20)12(13,14)15/h7H,3-6H2,1-2H3,(H,16,21). The van der Waals surface area contributed by atoms with Gasteiger partial charge in [-0.2, -0.15) is 13.2 Å². The molecule has 2 saturated heterocycles. The Bertz CT molecular complexity index is 482. The maximum absolute atomic E-state index is 12.4. The van der Waals surface area contributed by atoms with Gasteiger partial charge >= 0.3 is 18.1 Å². The Morgan fingerprint density at radius 1 is 1.24 bits per heavy atom. The summed E-state index contributed by atoms with van der Waals surface area (Å²) in [4.78, 5) is 37.0. The van der Waals surface area contributed by atoms with Gasteiger partial charge in [-0.3, -0.25) is 14.5 Å². The van der Waals surface area contributed by atoms with Gasteiger partial charge in [-0.05, 0) is 26.7 Å². The molecule has 1 N–H and O–H groups in total. The largest absolute Gasteiger partial charge is 0.471 e. The lowest BCUT2D eigenvalue weighted by atomic mass is 9.87. The average Bonchev–Trinajstić information content (AvgIpc) is 2.60. The third-order valence-electron chi connectivity index (χ3n) is 3.86. The van der Waals surface area contributed by atoms with Crippen LogP contribution < -0.4 is 5.32 Å². The molecule has 118 valence electrons. The molecule has 0 saturated carbocycles. The van der Waals surface area contributed by atoms with E-state index in [-0.39, 0.29) is 32.0 Å². The summed E-state index contributed by atoms with van der Waals surface area (Å²) in [7, 11) is 0. The zero-order chi connectivity index (χ0) is 16.0. The number of alkyl halides is 3. The van der Waals surface area contributed by atoms with Gasteiger partial charge in [-0.25, -0.2) is 4.79 Å². The van der Waals surface area contributed by atoms with Crippen molar-refractivity contribution < 1.29 is 27.6 Å². The summed E-state index contributed by atoms with van der Waals surface area (Å²) >= 11 is 0. The number of carbonyl (C=O) groups excluding carboxylic acids is 3. The van der Waals surface area contributed by atoms with Crippen molar-refractivity contribution in [2.24, 2.45) is 0 Å². The molecule has 6 nitrogen and oxygen atoms in total. The molecule has 21 heavy (non-hydrogen) atoms. The second kappa shape index (κ2) is 4.88. The van der Waals surface area contributed by atoms with Crippen molar-refractivity contribution >= 4 is 17.8 Å². The highest BCUT2D eigenvalue weighted by Gasteiger charge is 2.54. The second-order valence-corrected chi connectivity index (χ2v) is 5.57. The number of halogens is 3. The Morgan fingerprint density at radius 3 is 2.14 bits per heavy atom. The van der Waals surface area contributed by atoms with Gasteiger partial charge in [0.1, 0.15) is 5.54 Å². The summed E-state index contributed by atoms with van der Waals surface area (Å²) < 4.78 is 37.1. The van der Waals surface area contributed by atoms with Crippen LogP contribution in [0.25, 0.3) is 0 Å². The number of rotatable bonds is 1. The average molecular weight is 307 g/mol. The van der Waals surface area contributed by atoms with Crippen molar-refractivity contribution in [3.8, 4) is 0 Å². The first-order valence-electron chi connectivity index (χ1n) is 6.60. The zero-order valence-corrected chi connectivity index (χ0v) is 11.7. The highest BCUT2D eigenvalue weighted by Crippen LogP contribution is 2.32. The molecule has 0 aromatic heterocycles. The Morgan fingerprint density at radius 2 is 1.76 bits per heavy atom. The first kappa shape index (κ1) is 15.6. The number of imide groups is 1. The van der Waals surface area contributed by atoms with Gasteiger partial charge in [-0.15, -0.1) is 0 Å². The van der Waals surface area contributed by atoms with E-state index in [0.29, 0.717) is 4.90 Å². The maximum Gasteiger partial charge on any atom is 0.471 e. The van der Waals surface area contributed by atoms with E-state index in [2.05, 4.69) is 5.32 Å². The molecule has 4 amide bonds. The lowest BCUT2D eigenvalue weighted by Gasteiger charge is -2.37. The molecule has 0 aromatic carbocycles. The van der Waals surface area contributed by atoms with Crippen molar-refractivity contribution in [3.05, 3.63) is 0 Å². The molecule has 2 fully saturated rings. The molecule has 9 heteroatoms. The van der Waals surface area contributed by atoms with Gasteiger partial charge in [0.2, 0.25) is 0 Å². The topological polar surface area (TPSA) is 69.7 Å². The third kappa shape index (κ3) is 2.56. The number of urea groups is 1. The molecule has 1 spiro atoms. The lowest BCUT2D eigenvalue weighted by molar-refractivity contribution is -0.187. The lowest BCUT2D eigenvalue weighted by Crippen LogP contribution is -2.57. The summed E-state index contributed by atoms with van der Waals surface area (Å²) in [5.74, 6) is -2.34. The van der Waals surface area contributed by atoms with Crippen LogP contribution in [0.4, 0.5) is 18.0 Å². The van der Waals surface area contributed by atoms with Gasteiger partial charge in [0.25, 0.3) is 5.91 Å². The van der Waals surface area contributed by atoms with E-state index in [1.807, 2.05) is 0 Å². The van der Waals surface area contributed by atoms with E-state index < -0.39 is 29.6 Å². The monoisotopic (exact) mass is 307 g/mol. The summed E-state index contributed by atoms with van der Waals surface area (Å²) in [5, 5.41) is 2.57. The van der Waals surface area contributed by atoms with Crippen LogP contribution in [0.1, 0.15) is 26.7 Å². The molecule has 0 bridgehead atoms. The minimum atomic E-state index is -4.92. The Hall–Kier alpha value is -1.80. The highest BCUT2D eigenvalue weighted by molar-refractivity contribution is 6.07. The highest BCUT2D eigenvalue weighted by atomic mass is 19.4. The van der Waals surface area contributed by atoms with Crippen LogP contribution in [-0.4, -0.2) is 58.5 Å². The molecular weight excluding hydrogens is 291 g/mol. The second-order valence-electron chi connectivity index (χ2n) is 5.57. The normalized spacial score (nSPS) is 22.2. The molecule has 0 radical (unpaired) electrons. The number of hydrogen-bond donors (Lipinski definition) is 1. The number of likely N-dealkylation sites (tertiary alicyclic amines) is 1. The molecule has 2 heterocycles. The first-order valence-corrected chi connectivity index (χ1v) is 6.60. The summed E-state index contributed by atoms with van der Waals surface area (Å²) in [5.41, 5.74) is -1.18. The molecule has 0 aromatic rings. The molecule has 2 aliphatic heterocycles. The van der Waals surface area contributed by atoms with Crippen molar-refractivity contribution in [2.45, 2.75) is 44.4 Å². The van der Waals surface area contributed by atoms with Crippen LogP contribution in [0.3, 0.4) is 0 Å². The molecule has 0 aliphatic carbocycles. The number of nitrogens with one attached hydrogen (secondary N) is 1. The Kier molecular flexibility index (Phi) is 3.63. The van der Waals surface area contributed by atoms with E-state index >= 15 is 0 Å². The minimum absolute atomic E-state index is 0.0113. The van der Waals surface area contributed by atoms with Gasteiger partial charge in [0, 0.05) is 19.1 Å². The zero-order valence-electron chi connectivity index (χ0n) is 11.7. The number of amides is 4. The first-order chi connectivity index (χ1) is 9.58. The van der Waals surface area contributed by atoms with E-state index in [9.17, 15) is 27.6 Å². The smallest absolute Gasteiger partial charge is 0.335 e. The predicted molar refractivity (Wildman–Crippen MR) is 65.1 cm³/mol.